The van der Waals surface area contributed by atoms with Gasteiger partial charge in [0.2, 0.25) is 12.1 Å². The first-order valence-corrected chi connectivity index (χ1v) is 12.5. The average molecular weight is 478 g/mol. The van der Waals surface area contributed by atoms with E-state index < -0.39 is 0 Å². The Bertz CT molecular complexity index is 1160. The van der Waals surface area contributed by atoms with Gasteiger partial charge in [-0.05, 0) is 29.8 Å². The molecule has 0 radical (unpaired) electrons. The van der Waals surface area contributed by atoms with E-state index in [1.54, 1.807) is 11.8 Å². The fraction of sp³-hybridized carbons (Fsp3) is 0.308. The van der Waals surface area contributed by atoms with E-state index in [1.165, 1.54) is 15.6 Å². The van der Waals surface area contributed by atoms with Gasteiger partial charge in [-0.1, -0.05) is 36.0 Å². The summed E-state index contributed by atoms with van der Waals surface area (Å²) in [5.41, 5.74) is 8.86. The number of pyridine rings is 1. The Morgan fingerprint density at radius 3 is 2.56 bits per heavy atom. The molecule has 1 amide bonds. The largest absolute Gasteiger partial charge is 0.349 e. The Balaban J connectivity index is 1.39. The fourth-order valence-corrected chi connectivity index (χ4v) is 5.08. The third-order valence-electron chi connectivity index (χ3n) is 5.75. The van der Waals surface area contributed by atoms with E-state index in [4.69, 9.17) is 5.73 Å². The van der Waals surface area contributed by atoms with Gasteiger partial charge < -0.3 is 26.6 Å². The molecule has 0 atom stereocenters. The van der Waals surface area contributed by atoms with Gasteiger partial charge in [0.1, 0.15) is 0 Å². The molecule has 0 aliphatic carbocycles. The highest BCUT2D eigenvalue weighted by molar-refractivity contribution is 8.03. The zero-order valence-electron chi connectivity index (χ0n) is 19.6. The van der Waals surface area contributed by atoms with E-state index >= 15 is 0 Å². The van der Waals surface area contributed by atoms with Crippen molar-refractivity contribution in [2.45, 2.75) is 11.4 Å². The van der Waals surface area contributed by atoms with E-state index in [0.717, 1.165) is 42.6 Å². The van der Waals surface area contributed by atoms with Crippen molar-refractivity contribution >= 4 is 40.3 Å². The van der Waals surface area contributed by atoms with Gasteiger partial charge in [0.05, 0.1) is 16.1 Å². The number of fused-ring (bicyclic) bond motifs is 2. The number of rotatable bonds is 11. The summed E-state index contributed by atoms with van der Waals surface area (Å²) >= 11 is 1.78. The number of thioether (sulfide) groups is 1. The monoisotopic (exact) mass is 477 g/mol. The van der Waals surface area contributed by atoms with Gasteiger partial charge in [0.15, 0.2) is 6.20 Å². The molecule has 0 bridgehead atoms. The first-order chi connectivity index (χ1) is 16.7. The number of aromatic nitrogens is 1. The molecule has 7 nitrogen and oxygen atoms in total. The third-order valence-corrected chi connectivity index (χ3v) is 6.91. The van der Waals surface area contributed by atoms with E-state index in [0.29, 0.717) is 13.1 Å². The van der Waals surface area contributed by atoms with Gasteiger partial charge in [-0.15, -0.1) is 0 Å². The molecule has 1 aliphatic rings. The number of benzene rings is 2. The normalized spacial score (nSPS) is 14.1. The number of anilines is 1. The number of nitrogens with two attached hydrogens (primary N) is 1. The first kappa shape index (κ1) is 24.2. The zero-order valence-corrected chi connectivity index (χ0v) is 20.4. The molecule has 8 heteroatoms. The number of nitrogens with one attached hydrogen (secondary N) is 3. The number of amides is 1. The molecule has 0 fully saturated rings. The fourth-order valence-electron chi connectivity index (χ4n) is 3.98. The molecule has 178 valence electrons. The van der Waals surface area contributed by atoms with Crippen LogP contribution >= 0.6 is 11.8 Å². The van der Waals surface area contributed by atoms with Gasteiger partial charge in [0.25, 0.3) is 5.91 Å². The molecule has 0 saturated heterocycles. The first-order valence-electron chi connectivity index (χ1n) is 11.7. The molecule has 4 rings (SSSR count). The minimum Gasteiger partial charge on any atom is -0.349 e. The van der Waals surface area contributed by atoms with Crippen molar-refractivity contribution < 1.29 is 9.36 Å². The van der Waals surface area contributed by atoms with Crippen LogP contribution in [0.2, 0.25) is 0 Å². The summed E-state index contributed by atoms with van der Waals surface area (Å²) in [5, 5.41) is 11.9. The topological polar surface area (TPSA) is 86.3 Å². The lowest BCUT2D eigenvalue weighted by Crippen LogP contribution is -2.45. The summed E-state index contributed by atoms with van der Waals surface area (Å²) in [6.45, 7) is 4.81. The molecule has 1 aliphatic heterocycles. The summed E-state index contributed by atoms with van der Waals surface area (Å²) < 4.78 is 2.01. The Kier molecular flexibility index (Phi) is 8.54. The van der Waals surface area contributed by atoms with Crippen molar-refractivity contribution in [1.82, 2.24) is 16.0 Å². The lowest BCUT2D eigenvalue weighted by molar-refractivity contribution is -0.658. The van der Waals surface area contributed by atoms with Crippen molar-refractivity contribution in [3.63, 3.8) is 0 Å². The Hall–Kier alpha value is -2.91. The summed E-state index contributed by atoms with van der Waals surface area (Å²) in [7, 11) is 2.10. The van der Waals surface area contributed by atoms with Crippen molar-refractivity contribution in [3.05, 3.63) is 71.4 Å². The SMILES string of the molecule is CN1/C(=C/c2cc[n+](CC(=O)NCCNCCNCCN)c3ccccc23)Sc2ccccc21. The number of hydrogen-bond acceptors (Lipinski definition) is 6. The molecule has 5 N–H and O–H groups in total. The maximum Gasteiger partial charge on any atom is 0.286 e. The minimum atomic E-state index is 0.00541. The number of hydrogen-bond donors (Lipinski definition) is 4. The van der Waals surface area contributed by atoms with Gasteiger partial charge in [-0.2, -0.15) is 4.57 Å². The number of carbonyl (C=O) groups excluding carboxylic acids is 1. The Morgan fingerprint density at radius 1 is 1.00 bits per heavy atom. The molecule has 3 aromatic rings. The summed E-state index contributed by atoms with van der Waals surface area (Å²) in [6.07, 6.45) is 4.23. The van der Waals surface area contributed by atoms with Gasteiger partial charge in [-0.25, -0.2) is 0 Å². The van der Waals surface area contributed by atoms with Crippen LogP contribution in [0.4, 0.5) is 5.69 Å². The van der Waals surface area contributed by atoms with Crippen molar-refractivity contribution in [3.8, 4) is 0 Å². The number of para-hydroxylation sites is 2. The van der Waals surface area contributed by atoms with Crippen LogP contribution in [0, 0.1) is 0 Å². The van der Waals surface area contributed by atoms with Crippen molar-refractivity contribution in [2.24, 2.45) is 5.73 Å². The summed E-state index contributed by atoms with van der Waals surface area (Å²) in [6, 6.07) is 18.8. The van der Waals surface area contributed by atoms with Crippen LogP contribution in [0.3, 0.4) is 0 Å². The van der Waals surface area contributed by atoms with Crippen LogP contribution in [0.15, 0.2) is 70.7 Å². The van der Waals surface area contributed by atoms with Crippen LogP contribution < -0.4 is 31.2 Å². The Labute approximate surface area is 205 Å². The lowest BCUT2D eigenvalue weighted by atomic mass is 10.1. The lowest BCUT2D eigenvalue weighted by Gasteiger charge is -2.13. The summed E-state index contributed by atoms with van der Waals surface area (Å²) in [4.78, 5) is 16.1. The van der Waals surface area contributed by atoms with Crippen LogP contribution in [-0.2, 0) is 11.3 Å². The van der Waals surface area contributed by atoms with Crippen LogP contribution in [-0.4, -0.2) is 52.2 Å². The van der Waals surface area contributed by atoms with E-state index in [1.807, 2.05) is 22.9 Å². The van der Waals surface area contributed by atoms with Crippen LogP contribution in [0.25, 0.3) is 17.0 Å². The average Bonchev–Trinajstić information content (AvgIpc) is 3.17. The van der Waals surface area contributed by atoms with Gasteiger partial charge in [-0.3, -0.25) is 4.79 Å². The van der Waals surface area contributed by atoms with E-state index in [9.17, 15) is 4.79 Å². The smallest absolute Gasteiger partial charge is 0.286 e. The summed E-state index contributed by atoms with van der Waals surface area (Å²) in [5.74, 6) is 0.00541. The highest BCUT2D eigenvalue weighted by atomic mass is 32.2. The van der Waals surface area contributed by atoms with Gasteiger partial charge >= 0.3 is 0 Å². The standard InChI is InChI=1S/C26H32N6OS/c1-31-23-8-4-5-9-24(23)34-26(31)18-20-10-17-32(22-7-3-2-6-21(20)22)19-25(33)30-16-15-29-14-13-28-12-11-27/h2-10,17-18,28-29H,11-16,19,27H2,1H3/p+1. The second kappa shape index (κ2) is 12.0. The molecule has 0 unspecified atom stereocenters. The molecule has 34 heavy (non-hydrogen) atoms. The van der Waals surface area contributed by atoms with Crippen LogP contribution in [0.5, 0.6) is 0 Å². The predicted molar refractivity (Wildman–Crippen MR) is 141 cm³/mol. The van der Waals surface area contributed by atoms with Gasteiger partial charge in [0, 0.05) is 63.3 Å². The molecular weight excluding hydrogens is 444 g/mol. The van der Waals surface area contributed by atoms with Crippen molar-refractivity contribution in [2.75, 3.05) is 51.2 Å². The third kappa shape index (κ3) is 5.95. The second-order valence-electron chi connectivity index (χ2n) is 8.17. The van der Waals surface area contributed by atoms with Crippen LogP contribution in [0.1, 0.15) is 5.56 Å². The molecular formula is C26H33N6OS+. The molecule has 2 heterocycles. The highest BCUT2D eigenvalue weighted by Gasteiger charge is 2.22. The predicted octanol–water partition coefficient (Wildman–Crippen LogP) is 1.92. The van der Waals surface area contributed by atoms with E-state index in [-0.39, 0.29) is 12.5 Å². The maximum atomic E-state index is 12.6. The molecule has 1 aromatic heterocycles. The molecule has 0 spiro atoms. The molecule has 0 saturated carbocycles. The quantitative estimate of drug-likeness (QED) is 0.249. The second-order valence-corrected chi connectivity index (χ2v) is 9.23. The Morgan fingerprint density at radius 2 is 1.74 bits per heavy atom. The minimum absolute atomic E-state index is 0.00541. The molecule has 2 aromatic carbocycles. The number of nitrogens with zero attached hydrogens (tertiary/aromatic N) is 2. The number of carbonyl (C=O) groups is 1. The van der Waals surface area contributed by atoms with E-state index in [2.05, 4.69) is 76.4 Å². The van der Waals surface area contributed by atoms with Crippen molar-refractivity contribution in [1.29, 1.82) is 0 Å². The maximum absolute atomic E-state index is 12.6. The highest BCUT2D eigenvalue weighted by Crippen LogP contribution is 2.45. The zero-order chi connectivity index (χ0) is 23.8.